The van der Waals surface area contributed by atoms with Crippen LogP contribution < -0.4 is 0 Å². The fourth-order valence-electron chi connectivity index (χ4n) is 2.98. The molecule has 0 fully saturated rings. The van der Waals surface area contributed by atoms with Crippen molar-refractivity contribution in [2.24, 2.45) is 0 Å². The number of rotatable bonds is 13. The van der Waals surface area contributed by atoms with Crippen LogP contribution in [0.4, 0.5) is 4.79 Å². The zero-order valence-corrected chi connectivity index (χ0v) is 19.8. The first-order valence-electron chi connectivity index (χ1n) is 10.7. The molecule has 0 radical (unpaired) electrons. The van der Waals surface area contributed by atoms with Gasteiger partial charge in [0.2, 0.25) is 6.29 Å². The van der Waals surface area contributed by atoms with E-state index in [0.717, 1.165) is 34.3 Å². The molecule has 2 rings (SSSR count). The third-order valence-electron chi connectivity index (χ3n) is 4.70. The maximum atomic E-state index is 12.4. The number of fused-ring (bicyclic) bond motifs is 1. The molecule has 0 aromatic heterocycles. The maximum Gasteiger partial charge on any atom is 0.510 e. The van der Waals surface area contributed by atoms with Gasteiger partial charge in [0.15, 0.2) is 0 Å². The number of benzene rings is 2. The van der Waals surface area contributed by atoms with Crippen LogP contribution in [0.15, 0.2) is 36.4 Å². The summed E-state index contributed by atoms with van der Waals surface area (Å²) in [6, 6.07) is 12.3. The van der Waals surface area contributed by atoms with E-state index in [0.29, 0.717) is 13.0 Å². The summed E-state index contributed by atoms with van der Waals surface area (Å²) in [4.78, 5) is 37.8. The summed E-state index contributed by atoms with van der Waals surface area (Å²) < 4.78 is 14.8. The Balaban J connectivity index is 1.55. The van der Waals surface area contributed by atoms with Gasteiger partial charge in [-0.1, -0.05) is 42.0 Å². The summed E-state index contributed by atoms with van der Waals surface area (Å²) in [7, 11) is 0. The molecule has 2 atom stereocenters. The number of hydrogen-bond acceptors (Lipinski definition) is 9. The molecule has 0 spiro atoms. The normalized spacial score (nSPS) is 12.6. The van der Waals surface area contributed by atoms with E-state index in [9.17, 15) is 19.7 Å². The van der Waals surface area contributed by atoms with E-state index in [4.69, 9.17) is 9.47 Å². The first kappa shape index (κ1) is 26.2. The third kappa shape index (κ3) is 9.56. The lowest BCUT2D eigenvalue weighted by atomic mass is 9.97. The smallest absolute Gasteiger partial charge is 0.465 e. The highest BCUT2D eigenvalue weighted by molar-refractivity contribution is 7.99. The summed E-state index contributed by atoms with van der Waals surface area (Å²) in [5.74, 6) is 0.969. The van der Waals surface area contributed by atoms with Gasteiger partial charge in [-0.15, -0.1) is 10.1 Å². The van der Waals surface area contributed by atoms with Gasteiger partial charge >= 0.3 is 12.1 Å². The molecule has 0 amide bonds. The van der Waals surface area contributed by atoms with Crippen LogP contribution in [0.25, 0.3) is 10.8 Å². The quantitative estimate of drug-likeness (QED) is 0.128. The lowest BCUT2D eigenvalue weighted by Crippen LogP contribution is -2.21. The van der Waals surface area contributed by atoms with Crippen molar-refractivity contribution in [2.45, 2.75) is 45.8 Å². The van der Waals surface area contributed by atoms with Gasteiger partial charge in [0, 0.05) is 0 Å². The summed E-state index contributed by atoms with van der Waals surface area (Å²) in [5, 5.41) is 11.3. The lowest BCUT2D eigenvalue weighted by Gasteiger charge is -2.13. The number of aryl methyl sites for hydroxylation is 1. The van der Waals surface area contributed by atoms with Gasteiger partial charge in [0.25, 0.3) is 5.09 Å². The number of hydrogen-bond donors (Lipinski definition) is 0. The van der Waals surface area contributed by atoms with E-state index in [2.05, 4.69) is 34.7 Å². The molecule has 2 aromatic carbocycles. The fraction of sp³-hybridized carbons (Fsp3) is 0.478. The number of ether oxygens (including phenoxy) is 3. The van der Waals surface area contributed by atoms with Crippen molar-refractivity contribution in [3.63, 3.8) is 0 Å². The second-order valence-corrected chi connectivity index (χ2v) is 8.66. The first-order valence-corrected chi connectivity index (χ1v) is 11.8. The van der Waals surface area contributed by atoms with E-state index in [1.165, 1.54) is 12.5 Å². The molecule has 0 saturated heterocycles. The van der Waals surface area contributed by atoms with Crippen molar-refractivity contribution in [3.8, 4) is 0 Å². The summed E-state index contributed by atoms with van der Waals surface area (Å²) in [6.07, 6.45) is -1.02. The Morgan fingerprint density at radius 3 is 2.33 bits per heavy atom. The van der Waals surface area contributed by atoms with Crippen LogP contribution in [0.1, 0.15) is 43.7 Å². The minimum atomic E-state index is -1.32. The largest absolute Gasteiger partial charge is 0.510 e. The van der Waals surface area contributed by atoms with E-state index in [-0.39, 0.29) is 18.5 Å². The van der Waals surface area contributed by atoms with Crippen LogP contribution in [0.2, 0.25) is 0 Å². The minimum Gasteiger partial charge on any atom is -0.465 e. The molecular weight excluding hydrogens is 450 g/mol. The molecule has 33 heavy (non-hydrogen) atoms. The second kappa shape index (κ2) is 13.5. The Hall–Kier alpha value is -3.01. The molecule has 0 N–H and O–H groups in total. The first-order chi connectivity index (χ1) is 15.8. The Morgan fingerprint density at radius 1 is 1.00 bits per heavy atom. The Bertz CT molecular complexity index is 951. The van der Waals surface area contributed by atoms with Crippen LogP contribution >= 0.6 is 11.8 Å². The van der Waals surface area contributed by atoms with Crippen LogP contribution in [-0.2, 0) is 23.8 Å². The zero-order valence-electron chi connectivity index (χ0n) is 19.0. The molecule has 0 heterocycles. The van der Waals surface area contributed by atoms with Crippen molar-refractivity contribution < 1.29 is 33.7 Å². The molecule has 0 aliphatic carbocycles. The van der Waals surface area contributed by atoms with Crippen molar-refractivity contribution in [1.29, 1.82) is 0 Å². The average Bonchev–Trinajstić information content (AvgIpc) is 2.76. The predicted molar refractivity (Wildman–Crippen MR) is 125 cm³/mol. The average molecular weight is 480 g/mol. The lowest BCUT2D eigenvalue weighted by molar-refractivity contribution is -0.777. The molecule has 180 valence electrons. The number of carbonyl (C=O) groups excluding carboxylic acids is 2. The third-order valence-corrected chi connectivity index (χ3v) is 5.86. The predicted octanol–water partition coefficient (Wildman–Crippen LogP) is 5.02. The zero-order chi connectivity index (χ0) is 24.2. The molecule has 0 saturated carbocycles. The SMILES string of the molecule is Cc1ccc2cc([C@H](C)C(=O)OCCCSCCCOC(=O)OC(C)O[N+](=O)[O-])ccc2c1. The maximum absolute atomic E-state index is 12.4. The number of carbonyl (C=O) groups is 2. The van der Waals surface area contributed by atoms with E-state index >= 15 is 0 Å². The number of thioether (sulfide) groups is 1. The van der Waals surface area contributed by atoms with Gasteiger partial charge in [0.1, 0.15) is 0 Å². The molecule has 0 aliphatic rings. The standard InChI is InChI=1S/C23H29NO8S/c1-16-6-7-21-15-19(8-9-20(21)14-16)17(2)22(25)29-10-4-12-33-13-5-11-30-23(26)31-18(3)32-24(27)28/h6-9,14-15,17-18H,4-5,10-13H2,1-3H3/t17-,18?/m0/s1. The van der Waals surface area contributed by atoms with Gasteiger partial charge in [0.05, 0.1) is 19.1 Å². The van der Waals surface area contributed by atoms with Crippen LogP contribution in [0, 0.1) is 17.0 Å². The highest BCUT2D eigenvalue weighted by Gasteiger charge is 2.17. The molecule has 9 nitrogen and oxygen atoms in total. The van der Waals surface area contributed by atoms with E-state index in [1.807, 2.05) is 25.1 Å². The van der Waals surface area contributed by atoms with E-state index in [1.54, 1.807) is 11.8 Å². The van der Waals surface area contributed by atoms with Crippen molar-refractivity contribution in [3.05, 3.63) is 57.6 Å². The van der Waals surface area contributed by atoms with Gasteiger partial charge in [-0.05, 0) is 61.5 Å². The van der Waals surface area contributed by atoms with Crippen LogP contribution in [-0.4, -0.2) is 48.2 Å². The van der Waals surface area contributed by atoms with Gasteiger partial charge in [-0.25, -0.2) is 4.79 Å². The Labute approximate surface area is 196 Å². The Kier molecular flexibility index (Phi) is 10.8. The summed E-state index contributed by atoms with van der Waals surface area (Å²) >= 11 is 1.65. The molecule has 10 heteroatoms. The van der Waals surface area contributed by atoms with Crippen LogP contribution in [0.5, 0.6) is 0 Å². The number of nitrogens with zero attached hydrogens (tertiary/aromatic N) is 1. The Morgan fingerprint density at radius 2 is 1.64 bits per heavy atom. The minimum absolute atomic E-state index is 0.134. The molecule has 1 unspecified atom stereocenters. The second-order valence-electron chi connectivity index (χ2n) is 7.43. The van der Waals surface area contributed by atoms with Crippen LogP contribution in [0.3, 0.4) is 0 Å². The molecule has 2 aromatic rings. The van der Waals surface area contributed by atoms with Gasteiger partial charge < -0.3 is 14.2 Å². The fourth-order valence-corrected chi connectivity index (χ4v) is 3.83. The highest BCUT2D eigenvalue weighted by atomic mass is 32.2. The number of esters is 1. The van der Waals surface area contributed by atoms with Crippen molar-refractivity contribution in [1.82, 2.24) is 0 Å². The van der Waals surface area contributed by atoms with Crippen molar-refractivity contribution >= 4 is 34.7 Å². The highest BCUT2D eigenvalue weighted by Crippen LogP contribution is 2.23. The summed E-state index contributed by atoms with van der Waals surface area (Å²) in [6.45, 7) is 5.60. The molecule has 0 aliphatic heterocycles. The van der Waals surface area contributed by atoms with Gasteiger partial charge in [-0.3, -0.25) is 9.63 Å². The molecular formula is C23H29NO8S. The summed E-state index contributed by atoms with van der Waals surface area (Å²) in [5.41, 5.74) is 2.13. The van der Waals surface area contributed by atoms with Gasteiger partial charge in [-0.2, -0.15) is 11.8 Å². The van der Waals surface area contributed by atoms with E-state index < -0.39 is 17.5 Å². The monoisotopic (exact) mass is 479 g/mol. The van der Waals surface area contributed by atoms with Crippen molar-refractivity contribution in [2.75, 3.05) is 24.7 Å². The topological polar surface area (TPSA) is 114 Å². The molecule has 0 bridgehead atoms.